The number of benzene rings is 2. The average Bonchev–Trinajstić information content (AvgIpc) is 2.54. The van der Waals surface area contributed by atoms with Crippen LogP contribution in [0.2, 0.25) is 5.02 Å². The summed E-state index contributed by atoms with van der Waals surface area (Å²) in [6.07, 6.45) is 2.80. The fourth-order valence-electron chi connectivity index (χ4n) is 2.23. The fraction of sp³-hybridized carbons (Fsp3) is 0.118. The van der Waals surface area contributed by atoms with Gasteiger partial charge in [-0.2, -0.15) is 0 Å². The molecule has 1 N–H and O–H groups in total. The maximum atomic E-state index is 13.6. The molecule has 4 nitrogen and oxygen atoms in total. The summed E-state index contributed by atoms with van der Waals surface area (Å²) >= 11 is 5.98. The van der Waals surface area contributed by atoms with Crippen LogP contribution in [0, 0.1) is 5.82 Å². The first-order valence-corrected chi connectivity index (χ1v) is 7.28. The van der Waals surface area contributed by atoms with Gasteiger partial charge in [0.2, 0.25) is 5.91 Å². The lowest BCUT2D eigenvalue weighted by Gasteiger charge is -2.19. The molecule has 0 saturated heterocycles. The molecule has 6 heteroatoms. The predicted molar refractivity (Wildman–Crippen MR) is 85.8 cm³/mol. The van der Waals surface area contributed by atoms with E-state index in [2.05, 4.69) is 5.32 Å². The highest BCUT2D eigenvalue weighted by molar-refractivity contribution is 6.33. The third-order valence-electron chi connectivity index (χ3n) is 3.25. The summed E-state index contributed by atoms with van der Waals surface area (Å²) < 4.78 is 24.1. The molecule has 0 aromatic heterocycles. The Labute approximate surface area is 137 Å². The molecule has 1 aliphatic heterocycles. The van der Waals surface area contributed by atoms with E-state index in [1.165, 1.54) is 24.3 Å². The van der Waals surface area contributed by atoms with Gasteiger partial charge in [0.05, 0.1) is 17.3 Å². The Morgan fingerprint density at radius 3 is 2.96 bits per heavy atom. The summed E-state index contributed by atoms with van der Waals surface area (Å²) in [6.45, 7) is 0.380. The highest BCUT2D eigenvalue weighted by Gasteiger charge is 2.15. The van der Waals surface area contributed by atoms with Crippen molar-refractivity contribution in [3.8, 4) is 5.75 Å². The minimum atomic E-state index is -0.413. The van der Waals surface area contributed by atoms with E-state index in [-0.39, 0.29) is 19.3 Å². The van der Waals surface area contributed by atoms with Gasteiger partial charge in [-0.1, -0.05) is 23.7 Å². The van der Waals surface area contributed by atoms with Gasteiger partial charge in [-0.05, 0) is 30.3 Å². The van der Waals surface area contributed by atoms with Gasteiger partial charge in [0, 0.05) is 17.2 Å². The standard InChI is InChI=1S/C17H13ClFNO3/c18-14-3-1-2-4-15(14)20-16(21)6-5-11-7-13(19)8-12-9-22-10-23-17(11)12/h1-8H,9-10H2,(H,20,21). The van der Waals surface area contributed by atoms with E-state index >= 15 is 0 Å². The van der Waals surface area contributed by atoms with Gasteiger partial charge in [0.1, 0.15) is 11.6 Å². The van der Waals surface area contributed by atoms with Crippen molar-refractivity contribution in [2.75, 3.05) is 12.1 Å². The second-order valence-corrected chi connectivity index (χ2v) is 5.30. The number of carbonyl (C=O) groups excluding carboxylic acids is 1. The van der Waals surface area contributed by atoms with E-state index in [4.69, 9.17) is 21.1 Å². The largest absolute Gasteiger partial charge is 0.467 e. The van der Waals surface area contributed by atoms with Gasteiger partial charge in [-0.3, -0.25) is 4.79 Å². The van der Waals surface area contributed by atoms with Crippen LogP contribution in [0.15, 0.2) is 42.5 Å². The highest BCUT2D eigenvalue weighted by Crippen LogP contribution is 2.30. The van der Waals surface area contributed by atoms with E-state index in [1.54, 1.807) is 24.3 Å². The molecule has 3 rings (SSSR count). The van der Waals surface area contributed by atoms with Crippen LogP contribution in [0.1, 0.15) is 11.1 Å². The van der Waals surface area contributed by atoms with Crippen LogP contribution >= 0.6 is 11.6 Å². The molecular formula is C17H13ClFNO3. The van der Waals surface area contributed by atoms with Gasteiger partial charge in [-0.15, -0.1) is 0 Å². The monoisotopic (exact) mass is 333 g/mol. The number of carbonyl (C=O) groups is 1. The molecule has 0 spiro atoms. The summed E-state index contributed by atoms with van der Waals surface area (Å²) in [4.78, 5) is 12.0. The molecule has 1 heterocycles. The van der Waals surface area contributed by atoms with Gasteiger partial charge in [0.25, 0.3) is 0 Å². The number of halogens is 2. The lowest BCUT2D eigenvalue weighted by Crippen LogP contribution is -2.13. The maximum Gasteiger partial charge on any atom is 0.248 e. The average molecular weight is 334 g/mol. The summed E-state index contributed by atoms with van der Waals surface area (Å²) in [5, 5.41) is 3.10. The van der Waals surface area contributed by atoms with Crippen LogP contribution in [0.25, 0.3) is 6.08 Å². The second-order valence-electron chi connectivity index (χ2n) is 4.90. The molecule has 0 radical (unpaired) electrons. The van der Waals surface area contributed by atoms with E-state index in [9.17, 15) is 9.18 Å². The molecule has 2 aromatic carbocycles. The minimum absolute atomic E-state index is 0.102. The number of fused-ring (bicyclic) bond motifs is 1. The first-order valence-electron chi connectivity index (χ1n) is 6.90. The Morgan fingerprint density at radius 2 is 2.13 bits per heavy atom. The van der Waals surface area contributed by atoms with Crippen molar-refractivity contribution in [3.05, 3.63) is 64.4 Å². The number of amides is 1. The number of para-hydroxylation sites is 1. The van der Waals surface area contributed by atoms with Crippen LogP contribution in [-0.4, -0.2) is 12.7 Å². The van der Waals surface area contributed by atoms with Gasteiger partial charge >= 0.3 is 0 Å². The van der Waals surface area contributed by atoms with E-state index in [0.29, 0.717) is 27.6 Å². The normalized spacial score (nSPS) is 13.5. The summed E-state index contributed by atoms with van der Waals surface area (Å²) in [7, 11) is 0. The van der Waals surface area contributed by atoms with E-state index in [0.717, 1.165) is 0 Å². The van der Waals surface area contributed by atoms with Crippen LogP contribution in [0.5, 0.6) is 5.75 Å². The maximum absolute atomic E-state index is 13.6. The zero-order chi connectivity index (χ0) is 16.2. The Morgan fingerprint density at radius 1 is 1.30 bits per heavy atom. The molecule has 1 aliphatic rings. The lowest BCUT2D eigenvalue weighted by molar-refractivity contribution is -0.111. The third kappa shape index (κ3) is 3.70. The van der Waals surface area contributed by atoms with Gasteiger partial charge in [0.15, 0.2) is 6.79 Å². The second kappa shape index (κ2) is 6.81. The summed E-state index contributed by atoms with van der Waals surface area (Å²) in [6, 6.07) is 9.57. The van der Waals surface area contributed by atoms with Crippen LogP contribution in [-0.2, 0) is 16.1 Å². The van der Waals surface area contributed by atoms with Gasteiger partial charge < -0.3 is 14.8 Å². The van der Waals surface area contributed by atoms with Crippen molar-refractivity contribution in [2.24, 2.45) is 0 Å². The van der Waals surface area contributed by atoms with Crippen molar-refractivity contribution in [1.29, 1.82) is 0 Å². The van der Waals surface area contributed by atoms with Crippen LogP contribution < -0.4 is 10.1 Å². The number of hydrogen-bond donors (Lipinski definition) is 1. The Kier molecular flexibility index (Phi) is 4.60. The smallest absolute Gasteiger partial charge is 0.248 e. The quantitative estimate of drug-likeness (QED) is 0.864. The Hall–Kier alpha value is -2.37. The molecule has 0 bridgehead atoms. The van der Waals surface area contributed by atoms with Crippen molar-refractivity contribution in [3.63, 3.8) is 0 Å². The molecule has 118 valence electrons. The molecule has 0 saturated carbocycles. The molecule has 2 aromatic rings. The molecule has 23 heavy (non-hydrogen) atoms. The van der Waals surface area contributed by atoms with Crippen molar-refractivity contribution in [1.82, 2.24) is 0 Å². The van der Waals surface area contributed by atoms with Crippen LogP contribution in [0.3, 0.4) is 0 Å². The zero-order valence-corrected chi connectivity index (χ0v) is 12.8. The SMILES string of the molecule is O=C(C=Cc1cc(F)cc2c1OCOC2)Nc1ccccc1Cl. The van der Waals surface area contributed by atoms with Crippen molar-refractivity contribution in [2.45, 2.75) is 6.61 Å². The molecule has 1 amide bonds. The topological polar surface area (TPSA) is 47.6 Å². The summed E-state index contributed by atoms with van der Waals surface area (Å²) in [5.74, 6) is -0.258. The number of nitrogens with one attached hydrogen (secondary N) is 1. The number of ether oxygens (including phenoxy) is 2. The zero-order valence-electron chi connectivity index (χ0n) is 12.0. The first kappa shape index (κ1) is 15.5. The van der Waals surface area contributed by atoms with Crippen LogP contribution in [0.4, 0.5) is 10.1 Å². The molecular weight excluding hydrogens is 321 g/mol. The fourth-order valence-corrected chi connectivity index (χ4v) is 2.42. The van der Waals surface area contributed by atoms with E-state index in [1.807, 2.05) is 0 Å². The minimum Gasteiger partial charge on any atom is -0.467 e. The molecule has 0 fully saturated rings. The third-order valence-corrected chi connectivity index (χ3v) is 3.58. The Balaban J connectivity index is 1.79. The van der Waals surface area contributed by atoms with Gasteiger partial charge in [-0.25, -0.2) is 4.39 Å². The van der Waals surface area contributed by atoms with Crippen molar-refractivity contribution < 1.29 is 18.7 Å². The predicted octanol–water partition coefficient (Wildman–Crippen LogP) is 4.00. The lowest BCUT2D eigenvalue weighted by atomic mass is 10.1. The van der Waals surface area contributed by atoms with E-state index < -0.39 is 5.82 Å². The molecule has 0 unspecified atom stereocenters. The van der Waals surface area contributed by atoms with Crippen molar-refractivity contribution >= 4 is 29.3 Å². The summed E-state index contributed by atoms with van der Waals surface area (Å²) in [5.41, 5.74) is 1.61. The number of hydrogen-bond acceptors (Lipinski definition) is 3. The highest BCUT2D eigenvalue weighted by atomic mass is 35.5. The number of anilines is 1. The Bertz CT molecular complexity index is 776. The molecule has 0 atom stereocenters. The first-order chi connectivity index (χ1) is 11.1. The molecule has 0 aliphatic carbocycles. The number of rotatable bonds is 3.